The Balaban J connectivity index is 2.19. The fourth-order valence-corrected chi connectivity index (χ4v) is 2.73. The maximum Gasteiger partial charge on any atom is 0.254 e. The molecular weight excluding hydrogens is 250 g/mol. The molecule has 3 nitrogen and oxygen atoms in total. The fourth-order valence-electron chi connectivity index (χ4n) is 2.73. The van der Waals surface area contributed by atoms with E-state index >= 15 is 0 Å². The van der Waals surface area contributed by atoms with Crippen LogP contribution in [0, 0.1) is 11.8 Å². The highest BCUT2D eigenvalue weighted by Gasteiger charge is 2.26. The normalized spacial score (nSPS) is 18.3. The first kappa shape index (κ1) is 14.6. The van der Waals surface area contributed by atoms with Gasteiger partial charge in [-0.25, -0.2) is 0 Å². The quantitative estimate of drug-likeness (QED) is 0.839. The number of piperidine rings is 1. The minimum atomic E-state index is -0.164. The van der Waals surface area contributed by atoms with Crippen molar-refractivity contribution in [2.24, 2.45) is 0 Å². The van der Waals surface area contributed by atoms with Crippen molar-refractivity contribution >= 4 is 5.91 Å². The molecule has 2 rings (SSSR count). The van der Waals surface area contributed by atoms with Gasteiger partial charge in [-0.2, -0.15) is 0 Å². The monoisotopic (exact) mass is 271 g/mol. The van der Waals surface area contributed by atoms with Crippen LogP contribution < -0.4 is 0 Å². The third-order valence-electron chi connectivity index (χ3n) is 3.78. The van der Waals surface area contributed by atoms with E-state index in [1.165, 1.54) is 6.42 Å². The minimum Gasteiger partial charge on any atom is -0.384 e. The van der Waals surface area contributed by atoms with Gasteiger partial charge in [-0.15, -0.1) is 0 Å². The Morgan fingerprint density at radius 2 is 2.30 bits per heavy atom. The summed E-state index contributed by atoms with van der Waals surface area (Å²) in [7, 11) is 0. The Kier molecular flexibility index (Phi) is 5.20. The molecule has 1 saturated heterocycles. The molecule has 106 valence electrons. The average Bonchev–Trinajstić information content (AvgIpc) is 2.52. The summed E-state index contributed by atoms with van der Waals surface area (Å²) in [5, 5.41) is 8.73. The van der Waals surface area contributed by atoms with Crippen LogP contribution in [0.3, 0.4) is 0 Å². The van der Waals surface area contributed by atoms with Crippen LogP contribution >= 0.6 is 0 Å². The molecule has 0 radical (unpaired) electrons. The van der Waals surface area contributed by atoms with Gasteiger partial charge in [0, 0.05) is 23.7 Å². The van der Waals surface area contributed by atoms with E-state index in [1.807, 2.05) is 29.2 Å². The minimum absolute atomic E-state index is 0.101. The Morgan fingerprint density at radius 3 is 3.05 bits per heavy atom. The fraction of sp³-hybridized carbons (Fsp3) is 0.471. The molecule has 1 atom stereocenters. The van der Waals surface area contributed by atoms with E-state index in [0.29, 0.717) is 11.6 Å². The summed E-state index contributed by atoms with van der Waals surface area (Å²) >= 11 is 0. The second-order valence-electron chi connectivity index (χ2n) is 5.10. The summed E-state index contributed by atoms with van der Waals surface area (Å²) in [6.45, 7) is 2.82. The maximum absolute atomic E-state index is 12.6. The summed E-state index contributed by atoms with van der Waals surface area (Å²) in [5.41, 5.74) is 1.46. The lowest BCUT2D eigenvalue weighted by Crippen LogP contribution is -2.43. The van der Waals surface area contributed by atoms with Gasteiger partial charge in [-0.05, 0) is 43.9 Å². The number of hydrogen-bond donors (Lipinski definition) is 1. The third kappa shape index (κ3) is 3.40. The van der Waals surface area contributed by atoms with Crippen molar-refractivity contribution in [1.29, 1.82) is 0 Å². The lowest BCUT2D eigenvalue weighted by atomic mass is 9.98. The van der Waals surface area contributed by atoms with Crippen LogP contribution in [-0.2, 0) is 0 Å². The number of carbonyl (C=O) groups is 1. The van der Waals surface area contributed by atoms with E-state index in [0.717, 1.165) is 31.4 Å². The second-order valence-corrected chi connectivity index (χ2v) is 5.10. The number of nitrogens with zero attached hydrogens (tertiary/aromatic N) is 1. The first-order valence-corrected chi connectivity index (χ1v) is 7.27. The van der Waals surface area contributed by atoms with Gasteiger partial charge in [-0.1, -0.05) is 24.8 Å². The molecule has 1 aliphatic heterocycles. The molecule has 0 aliphatic carbocycles. The Hall–Kier alpha value is -1.79. The van der Waals surface area contributed by atoms with Gasteiger partial charge in [-0.3, -0.25) is 4.79 Å². The van der Waals surface area contributed by atoms with Gasteiger partial charge in [0.25, 0.3) is 5.91 Å². The van der Waals surface area contributed by atoms with Gasteiger partial charge in [0.2, 0.25) is 0 Å². The number of carbonyl (C=O) groups excluding carboxylic acids is 1. The van der Waals surface area contributed by atoms with E-state index in [9.17, 15) is 4.79 Å². The molecule has 1 fully saturated rings. The van der Waals surface area contributed by atoms with Gasteiger partial charge >= 0.3 is 0 Å². The van der Waals surface area contributed by atoms with Gasteiger partial charge in [0.1, 0.15) is 6.61 Å². The largest absolute Gasteiger partial charge is 0.384 e. The predicted octanol–water partition coefficient (Wildman–Crippen LogP) is 2.44. The van der Waals surface area contributed by atoms with E-state index in [4.69, 9.17) is 5.11 Å². The maximum atomic E-state index is 12.6. The standard InChI is InChI=1S/C17H21NO2/c1-2-16-10-3-4-11-18(16)17(20)15-9-5-7-14(13-15)8-6-12-19/h5,7,9,13,16,19H,2-4,10-12H2,1H3. The molecular formula is C17H21NO2. The van der Waals surface area contributed by atoms with Crippen LogP contribution in [0.2, 0.25) is 0 Å². The molecule has 1 aliphatic rings. The molecule has 0 aromatic heterocycles. The second kappa shape index (κ2) is 7.12. The Bertz CT molecular complexity index is 527. The number of rotatable bonds is 2. The molecule has 1 heterocycles. The predicted molar refractivity (Wildman–Crippen MR) is 79.4 cm³/mol. The molecule has 20 heavy (non-hydrogen) atoms. The topological polar surface area (TPSA) is 40.5 Å². The molecule has 1 N–H and O–H groups in total. The smallest absolute Gasteiger partial charge is 0.254 e. The van der Waals surface area contributed by atoms with Crippen LogP contribution in [-0.4, -0.2) is 35.1 Å². The zero-order chi connectivity index (χ0) is 14.4. The SMILES string of the molecule is CCC1CCCCN1C(=O)c1cccc(C#CCO)c1. The van der Waals surface area contributed by atoms with Crippen molar-refractivity contribution in [1.82, 2.24) is 4.90 Å². The average molecular weight is 271 g/mol. The lowest BCUT2D eigenvalue weighted by molar-refractivity contribution is 0.0608. The molecule has 3 heteroatoms. The summed E-state index contributed by atoms with van der Waals surface area (Å²) < 4.78 is 0. The number of aliphatic hydroxyl groups excluding tert-OH is 1. The highest BCUT2D eigenvalue weighted by molar-refractivity contribution is 5.94. The molecule has 1 aromatic carbocycles. The number of likely N-dealkylation sites (tertiary alicyclic amines) is 1. The number of benzene rings is 1. The van der Waals surface area contributed by atoms with Crippen molar-refractivity contribution in [3.8, 4) is 11.8 Å². The van der Waals surface area contributed by atoms with Gasteiger partial charge < -0.3 is 10.0 Å². The summed E-state index contributed by atoms with van der Waals surface area (Å²) in [6.07, 6.45) is 4.42. The number of hydrogen-bond acceptors (Lipinski definition) is 2. The van der Waals surface area contributed by atoms with Crippen molar-refractivity contribution < 1.29 is 9.90 Å². The third-order valence-corrected chi connectivity index (χ3v) is 3.78. The molecule has 0 spiro atoms. The van der Waals surface area contributed by atoms with E-state index in [-0.39, 0.29) is 12.5 Å². The molecule has 1 amide bonds. The molecule has 0 saturated carbocycles. The molecule has 1 aromatic rings. The summed E-state index contributed by atoms with van der Waals surface area (Å²) in [4.78, 5) is 14.6. The van der Waals surface area contributed by atoms with Gasteiger partial charge in [0.15, 0.2) is 0 Å². The zero-order valence-electron chi connectivity index (χ0n) is 11.9. The number of aliphatic hydroxyl groups is 1. The lowest BCUT2D eigenvalue weighted by Gasteiger charge is -2.35. The van der Waals surface area contributed by atoms with Crippen molar-refractivity contribution in [2.75, 3.05) is 13.2 Å². The van der Waals surface area contributed by atoms with Gasteiger partial charge in [0.05, 0.1) is 0 Å². The van der Waals surface area contributed by atoms with Crippen molar-refractivity contribution in [3.05, 3.63) is 35.4 Å². The van der Waals surface area contributed by atoms with Crippen LogP contribution in [0.5, 0.6) is 0 Å². The highest BCUT2D eigenvalue weighted by atomic mass is 16.2. The Morgan fingerprint density at radius 1 is 1.45 bits per heavy atom. The van der Waals surface area contributed by atoms with E-state index in [2.05, 4.69) is 18.8 Å². The molecule has 0 bridgehead atoms. The van der Waals surface area contributed by atoms with E-state index < -0.39 is 0 Å². The van der Waals surface area contributed by atoms with Crippen LogP contribution in [0.25, 0.3) is 0 Å². The van der Waals surface area contributed by atoms with Crippen LogP contribution in [0.15, 0.2) is 24.3 Å². The highest BCUT2D eigenvalue weighted by Crippen LogP contribution is 2.22. The number of amides is 1. The van der Waals surface area contributed by atoms with E-state index in [1.54, 1.807) is 0 Å². The van der Waals surface area contributed by atoms with Crippen molar-refractivity contribution in [2.45, 2.75) is 38.6 Å². The van der Waals surface area contributed by atoms with Crippen LogP contribution in [0.1, 0.15) is 48.5 Å². The summed E-state index contributed by atoms with van der Waals surface area (Å²) in [6, 6.07) is 7.72. The first-order chi connectivity index (χ1) is 9.76. The molecule has 1 unspecified atom stereocenters. The van der Waals surface area contributed by atoms with Crippen molar-refractivity contribution in [3.63, 3.8) is 0 Å². The summed E-state index contributed by atoms with van der Waals surface area (Å²) in [5.74, 6) is 5.56. The Labute approximate surface area is 120 Å². The first-order valence-electron chi connectivity index (χ1n) is 7.27. The zero-order valence-corrected chi connectivity index (χ0v) is 11.9. The van der Waals surface area contributed by atoms with Crippen LogP contribution in [0.4, 0.5) is 0 Å².